The first-order valence-corrected chi connectivity index (χ1v) is 7.19. The van der Waals surface area contributed by atoms with Crippen LogP contribution in [0.3, 0.4) is 0 Å². The number of ether oxygens (including phenoxy) is 1. The van der Waals surface area contributed by atoms with Gasteiger partial charge in [-0.15, -0.1) is 0 Å². The maximum atomic E-state index is 12.5. The number of fused-ring (bicyclic) bond motifs is 1. The lowest BCUT2D eigenvalue weighted by Crippen LogP contribution is -2.56. The second kappa shape index (κ2) is 5.94. The average molecular weight is 276 g/mol. The van der Waals surface area contributed by atoms with Gasteiger partial charge in [0.25, 0.3) is 5.91 Å². The van der Waals surface area contributed by atoms with E-state index >= 15 is 0 Å². The van der Waals surface area contributed by atoms with E-state index < -0.39 is 11.6 Å². The molecular weight excluding hydrogens is 252 g/mol. The lowest BCUT2D eigenvalue weighted by atomic mass is 9.87. The predicted molar refractivity (Wildman–Crippen MR) is 79.3 cm³/mol. The fourth-order valence-electron chi connectivity index (χ4n) is 2.39. The van der Waals surface area contributed by atoms with E-state index in [9.17, 15) is 4.79 Å². The lowest BCUT2D eigenvalue weighted by molar-refractivity contribution is -0.136. The molecule has 20 heavy (non-hydrogen) atoms. The second-order valence-electron chi connectivity index (χ2n) is 5.97. The zero-order valence-corrected chi connectivity index (χ0v) is 12.5. The van der Waals surface area contributed by atoms with Crippen molar-refractivity contribution in [1.82, 2.24) is 5.32 Å². The SMILES string of the molecule is CC(C)C(C)(CN)NC(=O)C1OCCc2ccccc21. The second-order valence-corrected chi connectivity index (χ2v) is 5.97. The van der Waals surface area contributed by atoms with Crippen LogP contribution in [0.2, 0.25) is 0 Å². The van der Waals surface area contributed by atoms with E-state index in [0.29, 0.717) is 13.2 Å². The minimum absolute atomic E-state index is 0.0983. The Morgan fingerprint density at radius 1 is 1.50 bits per heavy atom. The van der Waals surface area contributed by atoms with Crippen LogP contribution in [-0.2, 0) is 16.0 Å². The molecule has 0 spiro atoms. The van der Waals surface area contributed by atoms with Gasteiger partial charge in [-0.25, -0.2) is 0 Å². The van der Waals surface area contributed by atoms with E-state index in [0.717, 1.165) is 12.0 Å². The van der Waals surface area contributed by atoms with Crippen molar-refractivity contribution in [2.45, 2.75) is 38.8 Å². The summed E-state index contributed by atoms with van der Waals surface area (Å²) in [6.07, 6.45) is 0.336. The maximum Gasteiger partial charge on any atom is 0.254 e. The summed E-state index contributed by atoms with van der Waals surface area (Å²) in [5, 5.41) is 3.06. The molecule has 1 aromatic rings. The Morgan fingerprint density at radius 2 is 2.20 bits per heavy atom. The highest BCUT2D eigenvalue weighted by Crippen LogP contribution is 2.28. The average Bonchev–Trinajstić information content (AvgIpc) is 2.46. The molecule has 2 atom stereocenters. The molecule has 1 heterocycles. The van der Waals surface area contributed by atoms with Gasteiger partial charge in [0.1, 0.15) is 0 Å². The van der Waals surface area contributed by atoms with Crippen molar-refractivity contribution >= 4 is 5.91 Å². The number of hydrogen-bond acceptors (Lipinski definition) is 3. The summed E-state index contributed by atoms with van der Waals surface area (Å²) < 4.78 is 5.68. The number of nitrogens with two attached hydrogens (primary N) is 1. The van der Waals surface area contributed by atoms with Crippen molar-refractivity contribution in [3.05, 3.63) is 35.4 Å². The molecule has 110 valence electrons. The van der Waals surface area contributed by atoms with E-state index in [-0.39, 0.29) is 11.8 Å². The summed E-state index contributed by atoms with van der Waals surface area (Å²) in [5.41, 5.74) is 7.58. The van der Waals surface area contributed by atoms with Gasteiger partial charge in [-0.2, -0.15) is 0 Å². The Bertz CT molecular complexity index is 487. The molecule has 1 aromatic carbocycles. The molecule has 2 rings (SSSR count). The van der Waals surface area contributed by atoms with E-state index in [1.54, 1.807) is 0 Å². The van der Waals surface area contributed by atoms with Crippen molar-refractivity contribution in [3.63, 3.8) is 0 Å². The maximum absolute atomic E-state index is 12.5. The van der Waals surface area contributed by atoms with Crippen LogP contribution in [0.15, 0.2) is 24.3 Å². The van der Waals surface area contributed by atoms with Gasteiger partial charge in [0.2, 0.25) is 0 Å². The van der Waals surface area contributed by atoms with Gasteiger partial charge in [-0.3, -0.25) is 4.79 Å². The summed E-state index contributed by atoms with van der Waals surface area (Å²) in [6.45, 7) is 7.08. The van der Waals surface area contributed by atoms with Crippen molar-refractivity contribution in [2.24, 2.45) is 11.7 Å². The number of rotatable bonds is 4. The van der Waals surface area contributed by atoms with E-state index in [1.165, 1.54) is 5.56 Å². The molecule has 1 aliphatic rings. The summed E-state index contributed by atoms with van der Waals surface area (Å²) in [6, 6.07) is 7.96. The highest BCUT2D eigenvalue weighted by molar-refractivity contribution is 5.83. The first-order chi connectivity index (χ1) is 9.48. The Morgan fingerprint density at radius 3 is 2.85 bits per heavy atom. The first kappa shape index (κ1) is 15.0. The van der Waals surface area contributed by atoms with Gasteiger partial charge in [0, 0.05) is 6.54 Å². The molecule has 1 amide bonds. The number of benzene rings is 1. The molecule has 0 bridgehead atoms. The Hall–Kier alpha value is -1.39. The van der Waals surface area contributed by atoms with Crippen molar-refractivity contribution < 1.29 is 9.53 Å². The highest BCUT2D eigenvalue weighted by Gasteiger charge is 2.34. The number of carbonyl (C=O) groups is 1. The van der Waals surface area contributed by atoms with Crippen LogP contribution < -0.4 is 11.1 Å². The number of carbonyl (C=O) groups excluding carboxylic acids is 1. The minimum atomic E-state index is -0.524. The van der Waals surface area contributed by atoms with Gasteiger partial charge in [0.15, 0.2) is 6.10 Å². The molecule has 0 aromatic heterocycles. The summed E-state index contributed by atoms with van der Waals surface area (Å²) in [5.74, 6) is 0.161. The van der Waals surface area contributed by atoms with Crippen LogP contribution in [0.25, 0.3) is 0 Å². The monoisotopic (exact) mass is 276 g/mol. The van der Waals surface area contributed by atoms with Crippen LogP contribution in [0.1, 0.15) is 38.0 Å². The number of nitrogens with one attached hydrogen (secondary N) is 1. The minimum Gasteiger partial charge on any atom is -0.363 e. The third-order valence-corrected chi connectivity index (χ3v) is 4.34. The molecule has 3 N–H and O–H groups in total. The smallest absolute Gasteiger partial charge is 0.254 e. The van der Waals surface area contributed by atoms with Crippen molar-refractivity contribution in [3.8, 4) is 0 Å². The van der Waals surface area contributed by atoms with E-state index in [2.05, 4.69) is 25.2 Å². The molecule has 0 saturated heterocycles. The predicted octanol–water partition coefficient (Wildman–Crippen LogP) is 1.79. The van der Waals surface area contributed by atoms with Crippen molar-refractivity contribution in [2.75, 3.05) is 13.2 Å². The van der Waals surface area contributed by atoms with Gasteiger partial charge < -0.3 is 15.8 Å². The molecule has 0 radical (unpaired) electrons. The molecule has 0 fully saturated rings. The van der Waals surface area contributed by atoms with Gasteiger partial charge in [-0.1, -0.05) is 38.1 Å². The van der Waals surface area contributed by atoms with Gasteiger partial charge in [-0.05, 0) is 30.4 Å². The standard InChI is InChI=1S/C16H24N2O2/c1-11(2)16(3,10-17)18-15(19)14-13-7-5-4-6-12(13)8-9-20-14/h4-7,11,14H,8-10,17H2,1-3H3,(H,18,19). The zero-order valence-electron chi connectivity index (χ0n) is 12.5. The first-order valence-electron chi connectivity index (χ1n) is 7.19. The molecule has 4 heteroatoms. The zero-order chi connectivity index (χ0) is 14.8. The topological polar surface area (TPSA) is 64.3 Å². The van der Waals surface area contributed by atoms with Crippen LogP contribution in [-0.4, -0.2) is 24.6 Å². The van der Waals surface area contributed by atoms with Crippen LogP contribution in [0.4, 0.5) is 0 Å². The van der Waals surface area contributed by atoms with Gasteiger partial charge in [0.05, 0.1) is 12.1 Å². The summed E-state index contributed by atoms with van der Waals surface area (Å²) in [4.78, 5) is 12.5. The molecule has 4 nitrogen and oxygen atoms in total. The van der Waals surface area contributed by atoms with Crippen LogP contribution >= 0.6 is 0 Å². The number of amides is 1. The largest absolute Gasteiger partial charge is 0.363 e. The van der Waals surface area contributed by atoms with E-state index in [4.69, 9.17) is 10.5 Å². The summed E-state index contributed by atoms with van der Waals surface area (Å²) >= 11 is 0. The number of hydrogen-bond donors (Lipinski definition) is 2. The third-order valence-electron chi connectivity index (χ3n) is 4.34. The molecule has 0 saturated carbocycles. The van der Waals surface area contributed by atoms with E-state index in [1.807, 2.05) is 25.1 Å². The summed E-state index contributed by atoms with van der Waals surface area (Å²) in [7, 11) is 0. The highest BCUT2D eigenvalue weighted by atomic mass is 16.5. The normalized spacial score (nSPS) is 21.1. The van der Waals surface area contributed by atoms with Crippen LogP contribution in [0.5, 0.6) is 0 Å². The fraction of sp³-hybridized carbons (Fsp3) is 0.562. The Kier molecular flexibility index (Phi) is 4.45. The van der Waals surface area contributed by atoms with Crippen LogP contribution in [0, 0.1) is 5.92 Å². The Labute approximate surface area is 120 Å². The fourth-order valence-corrected chi connectivity index (χ4v) is 2.39. The molecule has 2 unspecified atom stereocenters. The van der Waals surface area contributed by atoms with Gasteiger partial charge >= 0.3 is 0 Å². The lowest BCUT2D eigenvalue weighted by Gasteiger charge is -2.36. The quantitative estimate of drug-likeness (QED) is 0.881. The Balaban J connectivity index is 2.19. The molecule has 0 aliphatic carbocycles. The third kappa shape index (κ3) is 2.86. The van der Waals surface area contributed by atoms with Crippen molar-refractivity contribution in [1.29, 1.82) is 0 Å². The molecular formula is C16H24N2O2. The molecule has 1 aliphatic heterocycles.